The van der Waals surface area contributed by atoms with Crippen LogP contribution in [0.25, 0.3) is 5.57 Å². The summed E-state index contributed by atoms with van der Waals surface area (Å²) in [7, 11) is 1.71. The molecule has 1 aromatic rings. The van der Waals surface area contributed by atoms with E-state index < -0.39 is 0 Å². The molecule has 0 amide bonds. The van der Waals surface area contributed by atoms with Crippen molar-refractivity contribution < 1.29 is 4.74 Å². The summed E-state index contributed by atoms with van der Waals surface area (Å²) in [4.78, 5) is 0. The summed E-state index contributed by atoms with van der Waals surface area (Å²) in [6.45, 7) is 0.617. The molecule has 0 fully saturated rings. The average molecular weight is 217 g/mol. The van der Waals surface area contributed by atoms with Crippen LogP contribution in [0.1, 0.15) is 30.4 Å². The molecule has 0 atom stereocenters. The number of hydrogen-bond donors (Lipinski definition) is 1. The Morgan fingerprint density at radius 3 is 2.88 bits per heavy atom. The SMILES string of the molecule is COc1ccc2c(c1)/C(=C/CN)CCCC2. The van der Waals surface area contributed by atoms with Crippen molar-refractivity contribution in [3.63, 3.8) is 0 Å². The number of aryl methyl sites for hydroxylation is 1. The molecule has 2 nitrogen and oxygen atoms in total. The van der Waals surface area contributed by atoms with Crippen LogP contribution < -0.4 is 10.5 Å². The molecule has 2 heteroatoms. The molecule has 16 heavy (non-hydrogen) atoms. The van der Waals surface area contributed by atoms with Crippen LogP contribution in [0.5, 0.6) is 5.75 Å². The Hall–Kier alpha value is -1.28. The number of ether oxygens (including phenoxy) is 1. The van der Waals surface area contributed by atoms with Crippen molar-refractivity contribution in [1.82, 2.24) is 0 Å². The van der Waals surface area contributed by atoms with Gasteiger partial charge in [-0.15, -0.1) is 0 Å². The number of nitrogens with two attached hydrogens (primary N) is 1. The van der Waals surface area contributed by atoms with E-state index in [4.69, 9.17) is 10.5 Å². The van der Waals surface area contributed by atoms with Gasteiger partial charge < -0.3 is 10.5 Å². The molecule has 0 spiro atoms. The summed E-state index contributed by atoms with van der Waals surface area (Å²) in [6, 6.07) is 6.37. The van der Waals surface area contributed by atoms with E-state index in [0.717, 1.165) is 12.2 Å². The topological polar surface area (TPSA) is 35.2 Å². The van der Waals surface area contributed by atoms with E-state index >= 15 is 0 Å². The Morgan fingerprint density at radius 1 is 1.31 bits per heavy atom. The number of allylic oxidation sites excluding steroid dienone is 1. The fraction of sp³-hybridized carbons (Fsp3) is 0.429. The van der Waals surface area contributed by atoms with Crippen molar-refractivity contribution in [2.75, 3.05) is 13.7 Å². The van der Waals surface area contributed by atoms with E-state index in [1.807, 2.05) is 6.07 Å². The molecule has 0 radical (unpaired) electrons. The summed E-state index contributed by atoms with van der Waals surface area (Å²) < 4.78 is 5.29. The lowest BCUT2D eigenvalue weighted by atomic mass is 9.98. The van der Waals surface area contributed by atoms with Crippen molar-refractivity contribution in [1.29, 1.82) is 0 Å². The van der Waals surface area contributed by atoms with Gasteiger partial charge in [-0.1, -0.05) is 12.1 Å². The summed E-state index contributed by atoms with van der Waals surface area (Å²) in [5.41, 5.74) is 9.78. The highest BCUT2D eigenvalue weighted by Crippen LogP contribution is 2.31. The zero-order valence-electron chi connectivity index (χ0n) is 9.83. The molecule has 1 aliphatic rings. The second kappa shape index (κ2) is 5.17. The fourth-order valence-corrected chi connectivity index (χ4v) is 2.32. The Balaban J connectivity index is 2.45. The number of fused-ring (bicyclic) bond motifs is 1. The van der Waals surface area contributed by atoms with Gasteiger partial charge in [0.05, 0.1) is 7.11 Å². The highest BCUT2D eigenvalue weighted by molar-refractivity contribution is 5.70. The second-order valence-electron chi connectivity index (χ2n) is 4.20. The lowest BCUT2D eigenvalue weighted by molar-refractivity contribution is 0.414. The van der Waals surface area contributed by atoms with Gasteiger partial charge >= 0.3 is 0 Å². The maximum atomic E-state index is 5.63. The van der Waals surface area contributed by atoms with Crippen LogP contribution in [-0.4, -0.2) is 13.7 Å². The zero-order valence-corrected chi connectivity index (χ0v) is 9.83. The van der Waals surface area contributed by atoms with E-state index in [-0.39, 0.29) is 0 Å². The second-order valence-corrected chi connectivity index (χ2v) is 4.20. The maximum Gasteiger partial charge on any atom is 0.119 e. The van der Waals surface area contributed by atoms with Crippen molar-refractivity contribution >= 4 is 5.57 Å². The predicted molar refractivity (Wildman–Crippen MR) is 67.6 cm³/mol. The van der Waals surface area contributed by atoms with Crippen molar-refractivity contribution in [2.45, 2.75) is 25.7 Å². The molecule has 1 aromatic carbocycles. The summed E-state index contributed by atoms with van der Waals surface area (Å²) in [5, 5.41) is 0. The smallest absolute Gasteiger partial charge is 0.119 e. The van der Waals surface area contributed by atoms with Gasteiger partial charge in [0, 0.05) is 6.54 Å². The van der Waals surface area contributed by atoms with Gasteiger partial charge in [-0.3, -0.25) is 0 Å². The van der Waals surface area contributed by atoms with Gasteiger partial charge in [0.2, 0.25) is 0 Å². The largest absolute Gasteiger partial charge is 0.497 e. The minimum Gasteiger partial charge on any atom is -0.497 e. The third-order valence-corrected chi connectivity index (χ3v) is 3.17. The molecule has 2 N–H and O–H groups in total. The van der Waals surface area contributed by atoms with Crippen molar-refractivity contribution in [3.05, 3.63) is 35.4 Å². The molecule has 0 saturated heterocycles. The predicted octanol–water partition coefficient (Wildman–Crippen LogP) is 2.76. The highest BCUT2D eigenvalue weighted by Gasteiger charge is 2.12. The van der Waals surface area contributed by atoms with Crippen LogP contribution >= 0.6 is 0 Å². The molecule has 0 bridgehead atoms. The van der Waals surface area contributed by atoms with Gasteiger partial charge in [0.25, 0.3) is 0 Å². The first-order valence-electron chi connectivity index (χ1n) is 5.91. The van der Waals surface area contributed by atoms with Gasteiger partial charge in [-0.05, 0) is 54.5 Å². The fourth-order valence-electron chi connectivity index (χ4n) is 2.32. The molecule has 0 unspecified atom stereocenters. The third kappa shape index (κ3) is 2.27. The Morgan fingerprint density at radius 2 is 2.12 bits per heavy atom. The van der Waals surface area contributed by atoms with Crippen molar-refractivity contribution in [2.24, 2.45) is 5.73 Å². The van der Waals surface area contributed by atoms with Gasteiger partial charge in [-0.2, -0.15) is 0 Å². The molecule has 2 rings (SSSR count). The van der Waals surface area contributed by atoms with Crippen LogP contribution in [0.4, 0.5) is 0 Å². The van der Waals surface area contributed by atoms with Crippen LogP contribution in [-0.2, 0) is 6.42 Å². The monoisotopic (exact) mass is 217 g/mol. The first-order valence-corrected chi connectivity index (χ1v) is 5.91. The molecule has 0 saturated carbocycles. The Bertz CT molecular complexity index is 396. The lowest BCUT2D eigenvalue weighted by Gasteiger charge is -2.10. The molecule has 0 heterocycles. The first-order chi connectivity index (χ1) is 7.85. The van der Waals surface area contributed by atoms with Crippen LogP contribution in [0.2, 0.25) is 0 Å². The molecular formula is C14H19NO. The third-order valence-electron chi connectivity index (χ3n) is 3.17. The molecule has 86 valence electrons. The number of methoxy groups -OCH3 is 1. The number of rotatable bonds is 2. The van der Waals surface area contributed by atoms with E-state index in [1.54, 1.807) is 7.11 Å². The van der Waals surface area contributed by atoms with Gasteiger partial charge in [0.15, 0.2) is 0 Å². The Kier molecular flexibility index (Phi) is 3.62. The first kappa shape index (κ1) is 11.2. The summed E-state index contributed by atoms with van der Waals surface area (Å²) in [5.74, 6) is 0.934. The summed E-state index contributed by atoms with van der Waals surface area (Å²) >= 11 is 0. The van der Waals surface area contributed by atoms with Crippen LogP contribution in [0.15, 0.2) is 24.3 Å². The lowest BCUT2D eigenvalue weighted by Crippen LogP contribution is -1.97. The molecular weight excluding hydrogens is 198 g/mol. The normalized spacial score (nSPS) is 18.0. The molecule has 1 aliphatic carbocycles. The maximum absolute atomic E-state index is 5.63. The number of hydrogen-bond acceptors (Lipinski definition) is 2. The molecule has 0 aliphatic heterocycles. The average Bonchev–Trinajstić information content (AvgIpc) is 2.52. The van der Waals surface area contributed by atoms with Crippen LogP contribution in [0.3, 0.4) is 0 Å². The van der Waals surface area contributed by atoms with E-state index in [0.29, 0.717) is 6.54 Å². The van der Waals surface area contributed by atoms with E-state index in [9.17, 15) is 0 Å². The summed E-state index contributed by atoms with van der Waals surface area (Å²) in [6.07, 6.45) is 6.96. The van der Waals surface area contributed by atoms with Crippen LogP contribution in [0, 0.1) is 0 Å². The molecule has 0 aromatic heterocycles. The van der Waals surface area contributed by atoms with Gasteiger partial charge in [-0.25, -0.2) is 0 Å². The number of benzene rings is 1. The minimum atomic E-state index is 0.617. The van der Waals surface area contributed by atoms with Crippen molar-refractivity contribution in [3.8, 4) is 5.75 Å². The quantitative estimate of drug-likeness (QED) is 0.773. The standard InChI is InChI=1S/C14H19NO/c1-16-13-7-6-11-4-2-3-5-12(8-9-15)14(11)10-13/h6-8,10H,2-5,9,15H2,1H3/b12-8+. The zero-order chi connectivity index (χ0) is 11.4. The minimum absolute atomic E-state index is 0.617. The van der Waals surface area contributed by atoms with Gasteiger partial charge in [0.1, 0.15) is 5.75 Å². The highest BCUT2D eigenvalue weighted by atomic mass is 16.5. The van der Waals surface area contributed by atoms with E-state index in [2.05, 4.69) is 18.2 Å². The Labute approximate surface area is 97.1 Å². The van der Waals surface area contributed by atoms with E-state index in [1.165, 1.54) is 36.0 Å².